The Morgan fingerprint density at radius 1 is 1.83 bits per heavy atom. The van der Waals surface area contributed by atoms with Crippen LogP contribution in [0.3, 0.4) is 0 Å². The average Bonchev–Trinajstić information content (AvgIpc) is 2.17. The highest BCUT2D eigenvalue weighted by Crippen LogP contribution is 2.00. The Morgan fingerprint density at radius 2 is 2.58 bits per heavy atom. The predicted octanol–water partition coefficient (Wildman–Crippen LogP) is -1.52. The molecule has 1 aliphatic heterocycles. The van der Waals surface area contributed by atoms with Gasteiger partial charge < -0.3 is 15.2 Å². The monoisotopic (exact) mass is 174 g/mol. The average molecular weight is 174 g/mol. The van der Waals surface area contributed by atoms with E-state index < -0.39 is 0 Å². The van der Waals surface area contributed by atoms with Crippen molar-refractivity contribution >= 4 is 5.97 Å². The first-order valence-electron chi connectivity index (χ1n) is 3.90. The Labute approximate surface area is 71.2 Å². The molecule has 2 unspecified atom stereocenters. The topological polar surface area (TPSA) is 73.6 Å². The lowest BCUT2D eigenvalue weighted by Crippen LogP contribution is -2.52. The van der Waals surface area contributed by atoms with Gasteiger partial charge in [0.05, 0.1) is 19.8 Å². The molecule has 5 nitrogen and oxygen atoms in total. The highest BCUT2D eigenvalue weighted by molar-refractivity contribution is 5.75. The number of nitrogens with two attached hydrogens (primary N) is 1. The summed E-state index contributed by atoms with van der Waals surface area (Å²) < 4.78 is 9.82. The van der Waals surface area contributed by atoms with Gasteiger partial charge in [0.1, 0.15) is 6.04 Å². The molecule has 0 bridgehead atoms. The number of esters is 1. The zero-order valence-corrected chi connectivity index (χ0v) is 7.08. The van der Waals surface area contributed by atoms with Gasteiger partial charge in [-0.05, 0) is 0 Å². The van der Waals surface area contributed by atoms with Crippen molar-refractivity contribution in [1.82, 2.24) is 5.32 Å². The number of carbonyl (C=O) groups is 1. The molecular formula is C7H14N2O3. The standard InChI is InChI=1S/C7H14N2O3/c1-11-7(10)6-4-12-5(2-8)3-9-6/h5-6,9H,2-4,8H2,1H3. The first-order chi connectivity index (χ1) is 5.77. The molecule has 0 aromatic rings. The molecule has 70 valence electrons. The van der Waals surface area contributed by atoms with Crippen molar-refractivity contribution in [3.05, 3.63) is 0 Å². The Kier molecular flexibility index (Phi) is 3.46. The van der Waals surface area contributed by atoms with Gasteiger partial charge >= 0.3 is 5.97 Å². The van der Waals surface area contributed by atoms with Crippen LogP contribution in [0, 0.1) is 0 Å². The molecule has 0 saturated carbocycles. The first kappa shape index (κ1) is 9.44. The fourth-order valence-electron chi connectivity index (χ4n) is 1.07. The molecule has 1 fully saturated rings. The number of rotatable bonds is 2. The highest BCUT2D eigenvalue weighted by Gasteiger charge is 2.25. The maximum absolute atomic E-state index is 11.0. The largest absolute Gasteiger partial charge is 0.468 e. The van der Waals surface area contributed by atoms with Gasteiger partial charge in [0.2, 0.25) is 0 Å². The van der Waals surface area contributed by atoms with E-state index in [2.05, 4.69) is 10.1 Å². The summed E-state index contributed by atoms with van der Waals surface area (Å²) in [6.45, 7) is 1.42. The van der Waals surface area contributed by atoms with Crippen molar-refractivity contribution in [2.45, 2.75) is 12.1 Å². The van der Waals surface area contributed by atoms with Crippen LogP contribution in [0.15, 0.2) is 0 Å². The third-order valence-corrected chi connectivity index (χ3v) is 1.84. The van der Waals surface area contributed by atoms with Gasteiger partial charge in [0.25, 0.3) is 0 Å². The second-order valence-corrected chi connectivity index (χ2v) is 2.68. The molecular weight excluding hydrogens is 160 g/mol. The number of hydrogen-bond acceptors (Lipinski definition) is 5. The van der Waals surface area contributed by atoms with E-state index in [0.29, 0.717) is 19.7 Å². The second-order valence-electron chi connectivity index (χ2n) is 2.68. The van der Waals surface area contributed by atoms with Crippen LogP contribution in [-0.4, -0.2) is 44.9 Å². The van der Waals surface area contributed by atoms with E-state index in [-0.39, 0.29) is 18.1 Å². The first-order valence-corrected chi connectivity index (χ1v) is 3.90. The number of hydrogen-bond donors (Lipinski definition) is 2. The smallest absolute Gasteiger partial charge is 0.325 e. The van der Waals surface area contributed by atoms with E-state index in [1.54, 1.807) is 0 Å². The normalized spacial score (nSPS) is 29.8. The molecule has 0 spiro atoms. The minimum atomic E-state index is -0.335. The van der Waals surface area contributed by atoms with E-state index in [9.17, 15) is 4.79 Å². The molecule has 1 saturated heterocycles. The van der Waals surface area contributed by atoms with Gasteiger partial charge in [0.15, 0.2) is 0 Å². The van der Waals surface area contributed by atoms with E-state index in [1.165, 1.54) is 7.11 Å². The molecule has 0 aromatic carbocycles. The van der Waals surface area contributed by atoms with Crippen LogP contribution in [0.2, 0.25) is 0 Å². The molecule has 1 heterocycles. The van der Waals surface area contributed by atoms with Crippen LogP contribution in [0.1, 0.15) is 0 Å². The van der Waals surface area contributed by atoms with Crippen molar-refractivity contribution in [2.24, 2.45) is 5.73 Å². The van der Waals surface area contributed by atoms with Crippen molar-refractivity contribution in [1.29, 1.82) is 0 Å². The van der Waals surface area contributed by atoms with Gasteiger partial charge in [-0.2, -0.15) is 0 Å². The number of morpholine rings is 1. The van der Waals surface area contributed by atoms with Crippen LogP contribution < -0.4 is 11.1 Å². The predicted molar refractivity (Wildman–Crippen MR) is 42.6 cm³/mol. The molecule has 0 aliphatic carbocycles. The summed E-state index contributed by atoms with van der Waals surface area (Å²) in [5.74, 6) is -0.287. The highest BCUT2D eigenvalue weighted by atomic mass is 16.5. The lowest BCUT2D eigenvalue weighted by molar-refractivity contribution is -0.147. The Balaban J connectivity index is 2.30. The van der Waals surface area contributed by atoms with E-state index in [0.717, 1.165) is 0 Å². The second kappa shape index (κ2) is 4.39. The minimum Gasteiger partial charge on any atom is -0.468 e. The lowest BCUT2D eigenvalue weighted by atomic mass is 10.2. The molecule has 0 aromatic heterocycles. The number of nitrogens with one attached hydrogen (secondary N) is 1. The Hall–Kier alpha value is -0.650. The molecule has 1 rings (SSSR count). The maximum Gasteiger partial charge on any atom is 0.325 e. The quantitative estimate of drug-likeness (QED) is 0.497. The summed E-state index contributed by atoms with van der Waals surface area (Å²) in [5, 5.41) is 2.99. The van der Waals surface area contributed by atoms with Crippen molar-refractivity contribution in [2.75, 3.05) is 26.8 Å². The van der Waals surface area contributed by atoms with Gasteiger partial charge in [-0.3, -0.25) is 10.1 Å². The minimum absolute atomic E-state index is 0.0194. The molecule has 0 radical (unpaired) electrons. The maximum atomic E-state index is 11.0. The third-order valence-electron chi connectivity index (χ3n) is 1.84. The molecule has 3 N–H and O–H groups in total. The van der Waals surface area contributed by atoms with E-state index in [4.69, 9.17) is 10.5 Å². The summed E-state index contributed by atoms with van der Waals surface area (Å²) in [6, 6.07) is -0.335. The zero-order chi connectivity index (χ0) is 8.97. The Bertz CT molecular complexity index is 155. The molecule has 5 heteroatoms. The number of ether oxygens (including phenoxy) is 2. The summed E-state index contributed by atoms with van der Waals surface area (Å²) in [5.41, 5.74) is 5.38. The van der Waals surface area contributed by atoms with E-state index in [1.807, 2.05) is 0 Å². The summed E-state index contributed by atoms with van der Waals surface area (Å²) in [6.07, 6.45) is 0.0194. The van der Waals surface area contributed by atoms with E-state index >= 15 is 0 Å². The lowest BCUT2D eigenvalue weighted by Gasteiger charge is -2.27. The Morgan fingerprint density at radius 3 is 3.00 bits per heavy atom. The van der Waals surface area contributed by atoms with Crippen molar-refractivity contribution in [3.8, 4) is 0 Å². The molecule has 12 heavy (non-hydrogen) atoms. The number of carbonyl (C=O) groups excluding carboxylic acids is 1. The van der Waals surface area contributed by atoms with Gasteiger partial charge in [-0.25, -0.2) is 0 Å². The number of methoxy groups -OCH3 is 1. The SMILES string of the molecule is COC(=O)C1COC(CN)CN1. The fourth-order valence-corrected chi connectivity index (χ4v) is 1.07. The van der Waals surface area contributed by atoms with Crippen LogP contribution in [0.4, 0.5) is 0 Å². The third kappa shape index (κ3) is 2.17. The van der Waals surface area contributed by atoms with Gasteiger partial charge in [-0.1, -0.05) is 0 Å². The molecule has 1 aliphatic rings. The van der Waals surface area contributed by atoms with Gasteiger partial charge in [-0.15, -0.1) is 0 Å². The van der Waals surface area contributed by atoms with Crippen molar-refractivity contribution < 1.29 is 14.3 Å². The molecule has 0 amide bonds. The molecule has 2 atom stereocenters. The fraction of sp³-hybridized carbons (Fsp3) is 0.857. The summed E-state index contributed by atoms with van der Waals surface area (Å²) in [7, 11) is 1.36. The van der Waals surface area contributed by atoms with Gasteiger partial charge in [0, 0.05) is 13.1 Å². The summed E-state index contributed by atoms with van der Waals surface area (Å²) in [4.78, 5) is 11.0. The van der Waals surface area contributed by atoms with Crippen LogP contribution >= 0.6 is 0 Å². The van der Waals surface area contributed by atoms with Crippen LogP contribution in [0.25, 0.3) is 0 Å². The van der Waals surface area contributed by atoms with Crippen LogP contribution in [-0.2, 0) is 14.3 Å². The zero-order valence-electron chi connectivity index (χ0n) is 7.08. The summed E-state index contributed by atoms with van der Waals surface area (Å²) >= 11 is 0. The van der Waals surface area contributed by atoms with Crippen LogP contribution in [0.5, 0.6) is 0 Å². The van der Waals surface area contributed by atoms with Crippen molar-refractivity contribution in [3.63, 3.8) is 0 Å².